The van der Waals surface area contributed by atoms with Crippen molar-refractivity contribution in [2.45, 2.75) is 65.3 Å². The maximum atomic E-state index is 12.5. The van der Waals surface area contributed by atoms with Crippen molar-refractivity contribution in [3.05, 3.63) is 64.2 Å². The van der Waals surface area contributed by atoms with Crippen LogP contribution >= 0.6 is 0 Å². The molecule has 0 radical (unpaired) electrons. The lowest BCUT2D eigenvalue weighted by Crippen LogP contribution is -2.33. The summed E-state index contributed by atoms with van der Waals surface area (Å²) in [6.07, 6.45) is 6.71. The van der Waals surface area contributed by atoms with Crippen LogP contribution < -0.4 is 9.62 Å². The van der Waals surface area contributed by atoms with Crippen molar-refractivity contribution in [1.29, 1.82) is 0 Å². The molecular weight excluding hydrogens is 408 g/mol. The lowest BCUT2D eigenvalue weighted by atomic mass is 9.89. The lowest BCUT2D eigenvalue weighted by Gasteiger charge is -2.25. The number of hydrogen-bond donors (Lipinski definition) is 1. The van der Waals surface area contributed by atoms with Gasteiger partial charge in [0.1, 0.15) is 0 Å². The van der Waals surface area contributed by atoms with Gasteiger partial charge in [-0.1, -0.05) is 30.3 Å². The molecule has 0 heterocycles. The Bertz CT molecular complexity index is 1050. The molecule has 1 unspecified atom stereocenters. The minimum absolute atomic E-state index is 0.0559. The molecular formula is C25H34N2O3S. The van der Waals surface area contributed by atoms with Crippen molar-refractivity contribution in [1.82, 2.24) is 5.32 Å². The predicted molar refractivity (Wildman–Crippen MR) is 127 cm³/mol. The highest BCUT2D eigenvalue weighted by atomic mass is 32.2. The topological polar surface area (TPSA) is 66.5 Å². The second-order valence-electron chi connectivity index (χ2n) is 8.68. The van der Waals surface area contributed by atoms with Gasteiger partial charge in [0.05, 0.1) is 18.0 Å². The number of aryl methyl sites for hydroxylation is 3. The van der Waals surface area contributed by atoms with Crippen molar-refractivity contribution < 1.29 is 13.2 Å². The Morgan fingerprint density at radius 1 is 1.10 bits per heavy atom. The summed E-state index contributed by atoms with van der Waals surface area (Å²) in [6, 6.07) is 12.1. The number of benzene rings is 2. The molecule has 2 aromatic carbocycles. The van der Waals surface area contributed by atoms with E-state index in [1.54, 1.807) is 0 Å². The van der Waals surface area contributed by atoms with E-state index in [9.17, 15) is 13.2 Å². The Hall–Kier alpha value is -2.34. The molecule has 168 valence electrons. The highest BCUT2D eigenvalue weighted by Gasteiger charge is 2.20. The number of nitrogens with one attached hydrogen (secondary N) is 1. The van der Waals surface area contributed by atoms with Crippen LogP contribution in [0.4, 0.5) is 5.69 Å². The van der Waals surface area contributed by atoms with Gasteiger partial charge in [-0.25, -0.2) is 8.42 Å². The summed E-state index contributed by atoms with van der Waals surface area (Å²) in [5, 5.41) is 3.07. The summed E-state index contributed by atoms with van der Waals surface area (Å²) in [5.41, 5.74) is 6.64. The molecule has 6 heteroatoms. The minimum Gasteiger partial charge on any atom is -0.350 e. The SMILES string of the molecule is Cc1cccc(N(CCCC(=O)NC(C)c2ccc3c(c2)CCCC3)S(C)(=O)=O)c1C. The van der Waals surface area contributed by atoms with Gasteiger partial charge >= 0.3 is 0 Å². The Labute approximate surface area is 186 Å². The Balaban J connectivity index is 1.58. The first-order valence-electron chi connectivity index (χ1n) is 11.1. The number of nitrogens with zero attached hydrogens (tertiary/aromatic N) is 1. The van der Waals surface area contributed by atoms with Crippen LogP contribution in [-0.2, 0) is 27.7 Å². The van der Waals surface area contributed by atoms with Crippen LogP contribution in [0.2, 0.25) is 0 Å². The van der Waals surface area contributed by atoms with E-state index in [2.05, 4.69) is 23.5 Å². The third-order valence-electron chi connectivity index (χ3n) is 6.26. The van der Waals surface area contributed by atoms with Gasteiger partial charge in [-0.15, -0.1) is 0 Å². The summed E-state index contributed by atoms with van der Waals surface area (Å²) in [5.74, 6) is -0.0559. The third kappa shape index (κ3) is 5.88. The van der Waals surface area contributed by atoms with E-state index in [-0.39, 0.29) is 24.9 Å². The number of rotatable bonds is 8. The maximum absolute atomic E-state index is 12.5. The van der Waals surface area contributed by atoms with Crippen molar-refractivity contribution >= 4 is 21.6 Å². The molecule has 1 aliphatic rings. The van der Waals surface area contributed by atoms with E-state index in [1.807, 2.05) is 39.0 Å². The first-order chi connectivity index (χ1) is 14.7. The second kappa shape index (κ2) is 9.86. The van der Waals surface area contributed by atoms with Gasteiger partial charge in [0.25, 0.3) is 0 Å². The van der Waals surface area contributed by atoms with Gasteiger partial charge < -0.3 is 5.32 Å². The fourth-order valence-corrected chi connectivity index (χ4v) is 5.29. The summed E-state index contributed by atoms with van der Waals surface area (Å²) in [6.45, 7) is 6.18. The largest absolute Gasteiger partial charge is 0.350 e. The highest BCUT2D eigenvalue weighted by molar-refractivity contribution is 7.92. The van der Waals surface area contributed by atoms with Gasteiger partial charge in [-0.05, 0) is 86.8 Å². The highest BCUT2D eigenvalue weighted by Crippen LogP contribution is 2.26. The molecule has 0 saturated carbocycles. The summed E-state index contributed by atoms with van der Waals surface area (Å²) in [7, 11) is -3.43. The minimum atomic E-state index is -3.43. The number of fused-ring (bicyclic) bond motifs is 1. The van der Waals surface area contributed by atoms with Crippen molar-refractivity contribution in [3.63, 3.8) is 0 Å². The van der Waals surface area contributed by atoms with E-state index < -0.39 is 10.0 Å². The average molecular weight is 443 g/mol. The van der Waals surface area contributed by atoms with Gasteiger partial charge in [-0.2, -0.15) is 0 Å². The van der Waals surface area contributed by atoms with Gasteiger partial charge in [0, 0.05) is 13.0 Å². The van der Waals surface area contributed by atoms with Crippen LogP contribution in [0.3, 0.4) is 0 Å². The molecule has 0 fully saturated rings. The van der Waals surface area contributed by atoms with E-state index in [0.29, 0.717) is 12.1 Å². The Morgan fingerprint density at radius 2 is 1.81 bits per heavy atom. The van der Waals surface area contributed by atoms with Crippen LogP contribution in [0.1, 0.15) is 66.5 Å². The second-order valence-corrected chi connectivity index (χ2v) is 10.6. The van der Waals surface area contributed by atoms with E-state index >= 15 is 0 Å². The first kappa shape index (κ1) is 23.3. The Morgan fingerprint density at radius 3 is 2.52 bits per heavy atom. The molecule has 0 aromatic heterocycles. The number of sulfonamides is 1. The molecule has 3 rings (SSSR count). The van der Waals surface area contributed by atoms with Gasteiger partial charge in [0.15, 0.2) is 0 Å². The fraction of sp³-hybridized carbons (Fsp3) is 0.480. The summed E-state index contributed by atoms with van der Waals surface area (Å²) in [4.78, 5) is 12.5. The molecule has 0 aliphatic heterocycles. The van der Waals surface area contributed by atoms with Crippen molar-refractivity contribution in [2.75, 3.05) is 17.1 Å². The zero-order valence-electron chi connectivity index (χ0n) is 19.1. The van der Waals surface area contributed by atoms with Crippen LogP contribution in [0.25, 0.3) is 0 Å². The van der Waals surface area contributed by atoms with Crippen LogP contribution in [0.5, 0.6) is 0 Å². The zero-order valence-corrected chi connectivity index (χ0v) is 19.9. The number of carbonyl (C=O) groups excluding carboxylic acids is 1. The monoisotopic (exact) mass is 442 g/mol. The van der Waals surface area contributed by atoms with Gasteiger partial charge in [0.2, 0.25) is 15.9 Å². The van der Waals surface area contributed by atoms with Crippen molar-refractivity contribution in [2.24, 2.45) is 0 Å². The number of amides is 1. The standard InChI is InChI=1S/C25H34N2O3S/c1-18-9-7-12-24(19(18)2)27(31(4,29)30)16-8-13-25(28)26-20(3)22-15-14-21-10-5-6-11-23(21)17-22/h7,9,12,14-15,17,20H,5-6,8,10-11,13,16H2,1-4H3,(H,26,28). The van der Waals surface area contributed by atoms with E-state index in [4.69, 9.17) is 0 Å². The first-order valence-corrected chi connectivity index (χ1v) is 13.0. The molecule has 2 aromatic rings. The summed E-state index contributed by atoms with van der Waals surface area (Å²) >= 11 is 0. The molecule has 0 spiro atoms. The Kier molecular flexibility index (Phi) is 7.42. The maximum Gasteiger partial charge on any atom is 0.232 e. The molecule has 31 heavy (non-hydrogen) atoms. The molecule has 1 aliphatic carbocycles. The summed E-state index contributed by atoms with van der Waals surface area (Å²) < 4.78 is 26.2. The van der Waals surface area contributed by atoms with E-state index in [0.717, 1.165) is 29.5 Å². The average Bonchev–Trinajstić information content (AvgIpc) is 2.72. The smallest absolute Gasteiger partial charge is 0.232 e. The number of carbonyl (C=O) groups is 1. The third-order valence-corrected chi connectivity index (χ3v) is 7.44. The predicted octanol–water partition coefficient (Wildman–Crippen LogP) is 4.61. The molecule has 1 N–H and O–H groups in total. The molecule has 5 nitrogen and oxygen atoms in total. The zero-order chi connectivity index (χ0) is 22.6. The molecule has 0 bridgehead atoms. The van der Waals surface area contributed by atoms with E-state index in [1.165, 1.54) is 34.5 Å². The quantitative estimate of drug-likeness (QED) is 0.649. The molecule has 0 saturated heterocycles. The van der Waals surface area contributed by atoms with Crippen LogP contribution in [-0.4, -0.2) is 27.1 Å². The van der Waals surface area contributed by atoms with Crippen molar-refractivity contribution in [3.8, 4) is 0 Å². The van der Waals surface area contributed by atoms with Gasteiger partial charge in [-0.3, -0.25) is 9.10 Å². The number of anilines is 1. The number of hydrogen-bond acceptors (Lipinski definition) is 3. The van der Waals surface area contributed by atoms with Crippen LogP contribution in [0.15, 0.2) is 36.4 Å². The van der Waals surface area contributed by atoms with Crippen LogP contribution in [0, 0.1) is 13.8 Å². The molecule has 1 amide bonds. The lowest BCUT2D eigenvalue weighted by molar-refractivity contribution is -0.121. The fourth-order valence-electron chi connectivity index (χ4n) is 4.27. The normalized spacial score (nSPS) is 14.6. The molecule has 1 atom stereocenters.